The summed E-state index contributed by atoms with van der Waals surface area (Å²) in [6, 6.07) is 5.39. The molecule has 1 aliphatic rings. The minimum atomic E-state index is -4.53. The summed E-state index contributed by atoms with van der Waals surface area (Å²) < 4.78 is 47.1. The standard InChI is InChI=1S/C25H26F3N5O2/c1-16(11-21(35-4)24(2,3)25(26,27)28)31-23(34)18-6-5-17-7-9-32(20(17)12-18)15-19-13-30-22-14-29-8-10-33(19)22/h5-6,8,10-14H,1,7,9,15H2,2-4H3,(H,31,34)/b21-11-. The van der Waals surface area contributed by atoms with E-state index in [-0.39, 0.29) is 11.5 Å². The van der Waals surface area contributed by atoms with Crippen LogP contribution in [0.4, 0.5) is 18.9 Å². The number of halogens is 3. The summed E-state index contributed by atoms with van der Waals surface area (Å²) >= 11 is 0. The number of ether oxygens (including phenoxy) is 1. The highest BCUT2D eigenvalue weighted by atomic mass is 19.4. The number of imidazole rings is 1. The number of rotatable bonds is 7. The van der Waals surface area contributed by atoms with E-state index in [2.05, 4.69) is 26.8 Å². The van der Waals surface area contributed by atoms with Gasteiger partial charge in [-0.1, -0.05) is 12.6 Å². The highest BCUT2D eigenvalue weighted by Crippen LogP contribution is 2.43. The molecule has 0 saturated heterocycles. The van der Waals surface area contributed by atoms with Gasteiger partial charge in [-0.3, -0.25) is 14.2 Å². The molecule has 0 radical (unpaired) electrons. The molecule has 1 aromatic carbocycles. The molecule has 1 aliphatic heterocycles. The minimum absolute atomic E-state index is 0.000804. The molecule has 3 aromatic rings. The second-order valence-corrected chi connectivity index (χ2v) is 8.88. The average molecular weight is 486 g/mol. The highest BCUT2D eigenvalue weighted by Gasteiger charge is 2.51. The topological polar surface area (TPSA) is 71.8 Å². The third kappa shape index (κ3) is 4.73. The van der Waals surface area contributed by atoms with Crippen molar-refractivity contribution < 1.29 is 22.7 Å². The fourth-order valence-corrected chi connectivity index (χ4v) is 4.00. The molecule has 0 spiro atoms. The van der Waals surface area contributed by atoms with E-state index in [1.54, 1.807) is 30.7 Å². The number of carbonyl (C=O) groups excluding carboxylic acids is 1. The van der Waals surface area contributed by atoms with E-state index in [0.717, 1.165) is 62.6 Å². The Morgan fingerprint density at radius 2 is 2.06 bits per heavy atom. The molecule has 0 bridgehead atoms. The van der Waals surface area contributed by atoms with Gasteiger partial charge in [-0.05, 0) is 44.0 Å². The van der Waals surface area contributed by atoms with Gasteiger partial charge >= 0.3 is 6.18 Å². The van der Waals surface area contributed by atoms with Crippen LogP contribution < -0.4 is 10.2 Å². The van der Waals surface area contributed by atoms with Crippen molar-refractivity contribution in [3.63, 3.8) is 0 Å². The Labute approximate surface area is 200 Å². The number of aromatic nitrogens is 3. The summed E-state index contributed by atoms with van der Waals surface area (Å²) in [6.07, 6.45) is 4.46. The average Bonchev–Trinajstić information content (AvgIpc) is 3.40. The van der Waals surface area contributed by atoms with Gasteiger partial charge in [0.25, 0.3) is 5.91 Å². The molecule has 184 valence electrons. The molecule has 2 aromatic heterocycles. The van der Waals surface area contributed by atoms with Crippen LogP contribution >= 0.6 is 0 Å². The predicted octanol–water partition coefficient (Wildman–Crippen LogP) is 4.65. The third-order valence-electron chi connectivity index (χ3n) is 6.21. The highest BCUT2D eigenvalue weighted by molar-refractivity contribution is 5.96. The lowest BCUT2D eigenvalue weighted by Crippen LogP contribution is -2.35. The van der Waals surface area contributed by atoms with Crippen molar-refractivity contribution in [3.8, 4) is 0 Å². The van der Waals surface area contributed by atoms with E-state index in [9.17, 15) is 18.0 Å². The third-order valence-corrected chi connectivity index (χ3v) is 6.21. The molecule has 0 atom stereocenters. The number of amides is 1. The minimum Gasteiger partial charge on any atom is -0.500 e. The van der Waals surface area contributed by atoms with Crippen LogP contribution in [0.25, 0.3) is 5.65 Å². The van der Waals surface area contributed by atoms with Crippen molar-refractivity contribution in [3.05, 3.63) is 83.9 Å². The summed E-state index contributed by atoms with van der Waals surface area (Å²) in [5.74, 6) is -0.819. The Bertz CT molecular complexity index is 1310. The lowest BCUT2D eigenvalue weighted by Gasteiger charge is -2.29. The zero-order valence-corrected chi connectivity index (χ0v) is 19.7. The smallest absolute Gasteiger partial charge is 0.400 e. The summed E-state index contributed by atoms with van der Waals surface area (Å²) in [5.41, 5.74) is 1.93. The number of nitrogens with one attached hydrogen (secondary N) is 1. The molecule has 10 heteroatoms. The van der Waals surface area contributed by atoms with E-state index in [4.69, 9.17) is 4.74 Å². The van der Waals surface area contributed by atoms with Crippen molar-refractivity contribution in [2.75, 3.05) is 18.6 Å². The van der Waals surface area contributed by atoms with Crippen LogP contribution in [0.5, 0.6) is 0 Å². The summed E-state index contributed by atoms with van der Waals surface area (Å²) in [6.45, 7) is 7.09. The number of methoxy groups -OCH3 is 1. The second-order valence-electron chi connectivity index (χ2n) is 8.88. The lowest BCUT2D eigenvalue weighted by molar-refractivity contribution is -0.208. The molecule has 0 unspecified atom stereocenters. The normalized spacial score (nSPS) is 14.2. The molecular weight excluding hydrogens is 459 g/mol. The van der Waals surface area contributed by atoms with E-state index < -0.39 is 17.5 Å². The van der Waals surface area contributed by atoms with Gasteiger partial charge in [0.05, 0.1) is 31.7 Å². The lowest BCUT2D eigenvalue weighted by atomic mass is 9.89. The number of fused-ring (bicyclic) bond motifs is 2. The van der Waals surface area contributed by atoms with Gasteiger partial charge in [0.15, 0.2) is 5.65 Å². The predicted molar refractivity (Wildman–Crippen MR) is 126 cm³/mol. The van der Waals surface area contributed by atoms with Crippen LogP contribution in [0.3, 0.4) is 0 Å². The maximum Gasteiger partial charge on any atom is 0.400 e. The first-order chi connectivity index (χ1) is 16.5. The van der Waals surface area contributed by atoms with Crippen LogP contribution in [0.15, 0.2) is 67.1 Å². The van der Waals surface area contributed by atoms with Gasteiger partial charge in [0.1, 0.15) is 11.2 Å². The monoisotopic (exact) mass is 485 g/mol. The van der Waals surface area contributed by atoms with Gasteiger partial charge in [0.2, 0.25) is 0 Å². The molecule has 0 aliphatic carbocycles. The number of anilines is 1. The first-order valence-corrected chi connectivity index (χ1v) is 11.0. The Kier molecular flexibility index (Phi) is 6.31. The quantitative estimate of drug-likeness (QED) is 0.390. The fraction of sp³-hybridized carbons (Fsp3) is 0.320. The van der Waals surface area contributed by atoms with Crippen LogP contribution in [0.2, 0.25) is 0 Å². The fourth-order valence-electron chi connectivity index (χ4n) is 4.00. The molecular formula is C25H26F3N5O2. The number of benzene rings is 1. The maximum atomic E-state index is 13.4. The Hall–Kier alpha value is -3.82. The summed E-state index contributed by atoms with van der Waals surface area (Å²) in [5, 5.41) is 2.56. The Morgan fingerprint density at radius 1 is 1.29 bits per heavy atom. The molecule has 1 N–H and O–H groups in total. The summed E-state index contributed by atoms with van der Waals surface area (Å²) in [7, 11) is 1.16. The van der Waals surface area contributed by atoms with Crippen LogP contribution in [0, 0.1) is 5.41 Å². The van der Waals surface area contributed by atoms with Crippen molar-refractivity contribution in [1.29, 1.82) is 0 Å². The van der Waals surface area contributed by atoms with Crippen molar-refractivity contribution in [1.82, 2.24) is 19.7 Å². The van der Waals surface area contributed by atoms with Crippen LogP contribution in [-0.2, 0) is 17.7 Å². The SMILES string of the molecule is C=C(/C=C(\OC)C(C)(C)C(F)(F)F)NC(=O)c1ccc2c(c1)N(Cc1cnc3cnccn13)CC2. The molecule has 35 heavy (non-hydrogen) atoms. The molecule has 3 heterocycles. The Balaban J connectivity index is 1.51. The molecule has 0 saturated carbocycles. The van der Waals surface area contributed by atoms with E-state index in [1.807, 2.05) is 16.7 Å². The number of allylic oxidation sites excluding steroid dienone is 2. The maximum absolute atomic E-state index is 13.4. The van der Waals surface area contributed by atoms with E-state index in [0.29, 0.717) is 12.1 Å². The van der Waals surface area contributed by atoms with Gasteiger partial charge in [-0.15, -0.1) is 0 Å². The van der Waals surface area contributed by atoms with E-state index >= 15 is 0 Å². The molecule has 7 nitrogen and oxygen atoms in total. The molecule has 0 fully saturated rings. The van der Waals surface area contributed by atoms with Gasteiger partial charge < -0.3 is 15.0 Å². The van der Waals surface area contributed by atoms with Crippen molar-refractivity contribution in [2.24, 2.45) is 5.41 Å². The zero-order valence-electron chi connectivity index (χ0n) is 19.7. The van der Waals surface area contributed by atoms with Crippen molar-refractivity contribution >= 4 is 17.2 Å². The van der Waals surface area contributed by atoms with Crippen LogP contribution in [-0.4, -0.2) is 40.1 Å². The molecule has 1 amide bonds. The second kappa shape index (κ2) is 9.09. The van der Waals surface area contributed by atoms with Gasteiger partial charge in [-0.2, -0.15) is 13.2 Å². The van der Waals surface area contributed by atoms with Crippen LogP contribution in [0.1, 0.15) is 35.5 Å². The number of nitrogens with zero attached hydrogens (tertiary/aromatic N) is 4. The Morgan fingerprint density at radius 3 is 2.77 bits per heavy atom. The van der Waals surface area contributed by atoms with Crippen molar-refractivity contribution in [2.45, 2.75) is 33.0 Å². The van der Waals surface area contributed by atoms with Gasteiger partial charge in [0, 0.05) is 35.9 Å². The first kappa shape index (κ1) is 24.3. The van der Waals surface area contributed by atoms with Gasteiger partial charge in [-0.25, -0.2) is 4.98 Å². The summed E-state index contributed by atoms with van der Waals surface area (Å²) in [4.78, 5) is 23.5. The number of hydrogen-bond acceptors (Lipinski definition) is 5. The first-order valence-electron chi connectivity index (χ1n) is 11.0. The number of hydrogen-bond donors (Lipinski definition) is 1. The number of alkyl halides is 3. The van der Waals surface area contributed by atoms with E-state index in [1.165, 1.54) is 0 Å². The zero-order chi connectivity index (χ0) is 25.4. The number of carbonyl (C=O) groups is 1. The largest absolute Gasteiger partial charge is 0.500 e. The molecule has 4 rings (SSSR count).